The Morgan fingerprint density at radius 3 is 2.16 bits per heavy atom. The summed E-state index contributed by atoms with van der Waals surface area (Å²) in [5.74, 6) is 0.828. The van der Waals surface area contributed by atoms with Gasteiger partial charge in [0.25, 0.3) is 0 Å². The van der Waals surface area contributed by atoms with Crippen LogP contribution in [0.5, 0.6) is 17.2 Å². The molecule has 1 aliphatic carbocycles. The maximum atomic E-state index is 14.0. The highest BCUT2D eigenvalue weighted by Crippen LogP contribution is 2.45. The fraction of sp³-hybridized carbons (Fsp3) is 0.588. The third kappa shape index (κ3) is 7.34. The summed E-state index contributed by atoms with van der Waals surface area (Å²) in [6, 6.07) is 10.9. The lowest BCUT2D eigenvalue weighted by molar-refractivity contribution is -0.131. The van der Waals surface area contributed by atoms with E-state index in [1.807, 2.05) is 64.1 Å². The van der Waals surface area contributed by atoms with Crippen LogP contribution in [0.2, 0.25) is 0 Å². The van der Waals surface area contributed by atoms with Crippen molar-refractivity contribution >= 4 is 18.9 Å². The predicted octanol–water partition coefficient (Wildman–Crippen LogP) is 4.71. The van der Waals surface area contributed by atoms with Gasteiger partial charge in [0.05, 0.1) is 38.5 Å². The molecule has 0 spiro atoms. The summed E-state index contributed by atoms with van der Waals surface area (Å²) in [5, 5.41) is 6.31. The SMILES string of the molecule is COc1cc2c(c(OC)c1OC)CC(C(=O)N[C@@H](Cc1ccccc1)C(=O)NC(CC(C)C)B1OC(C)(C)C(C)(C)O1)CC2. The molecule has 2 N–H and O–H groups in total. The Bertz CT molecular complexity index is 1300. The standard InChI is InChI=1S/C34H49BN2O7/c1-21(2)17-28(35-43-33(3,4)34(5,6)44-35)37-32(39)26(18-22-13-11-10-12-14-22)36-31(38)24-16-15-23-20-27(40-7)30(42-9)29(41-8)25(23)19-24/h10-14,20-21,24,26,28H,15-19H2,1-9H3,(H,36,38)(H,37,39)/t24?,26-,28?/m0/s1. The summed E-state index contributed by atoms with van der Waals surface area (Å²) in [6.45, 7) is 12.2. The smallest absolute Gasteiger partial charge is 0.481 e. The van der Waals surface area contributed by atoms with Gasteiger partial charge in [0.2, 0.25) is 17.6 Å². The first-order valence-corrected chi connectivity index (χ1v) is 15.6. The van der Waals surface area contributed by atoms with Crippen molar-refractivity contribution < 1.29 is 33.1 Å². The third-order valence-electron chi connectivity index (χ3n) is 9.18. The van der Waals surface area contributed by atoms with Crippen LogP contribution in [0.4, 0.5) is 0 Å². The Balaban J connectivity index is 1.56. The highest BCUT2D eigenvalue weighted by molar-refractivity contribution is 6.48. The zero-order valence-electron chi connectivity index (χ0n) is 27.7. The molecule has 1 fully saturated rings. The lowest BCUT2D eigenvalue weighted by Gasteiger charge is -2.32. The van der Waals surface area contributed by atoms with E-state index >= 15 is 0 Å². The molecule has 1 heterocycles. The Kier molecular flexibility index (Phi) is 10.6. The molecule has 1 saturated heterocycles. The molecular weight excluding hydrogens is 559 g/mol. The molecular formula is C34H49BN2O7. The highest BCUT2D eigenvalue weighted by Gasteiger charge is 2.54. The zero-order valence-corrected chi connectivity index (χ0v) is 27.7. The van der Waals surface area contributed by atoms with Gasteiger partial charge in [-0.1, -0.05) is 44.2 Å². The van der Waals surface area contributed by atoms with Gasteiger partial charge in [-0.3, -0.25) is 9.59 Å². The number of carbonyl (C=O) groups excluding carboxylic acids is 2. The van der Waals surface area contributed by atoms with Crippen molar-refractivity contribution in [3.05, 3.63) is 53.1 Å². The molecule has 2 unspecified atom stereocenters. The van der Waals surface area contributed by atoms with E-state index in [4.69, 9.17) is 23.5 Å². The number of aryl methyl sites for hydroxylation is 1. The van der Waals surface area contributed by atoms with E-state index in [1.54, 1.807) is 21.3 Å². The average Bonchev–Trinajstić information content (AvgIpc) is 3.21. The monoisotopic (exact) mass is 608 g/mol. The predicted molar refractivity (Wildman–Crippen MR) is 171 cm³/mol. The van der Waals surface area contributed by atoms with Gasteiger partial charge in [0.15, 0.2) is 11.5 Å². The fourth-order valence-corrected chi connectivity index (χ4v) is 6.05. The summed E-state index contributed by atoms with van der Waals surface area (Å²) in [6.07, 6.45) is 2.81. The van der Waals surface area contributed by atoms with E-state index in [-0.39, 0.29) is 29.6 Å². The van der Waals surface area contributed by atoms with Crippen molar-refractivity contribution in [2.75, 3.05) is 21.3 Å². The molecule has 2 aliphatic rings. The van der Waals surface area contributed by atoms with Gasteiger partial charge < -0.3 is 34.2 Å². The highest BCUT2D eigenvalue weighted by atomic mass is 16.7. The summed E-state index contributed by atoms with van der Waals surface area (Å²) in [5.41, 5.74) is 1.90. The molecule has 0 radical (unpaired) electrons. The van der Waals surface area contributed by atoms with Crippen LogP contribution in [-0.2, 0) is 38.2 Å². The molecule has 1 aliphatic heterocycles. The first kappa shape index (κ1) is 33.7. The molecule has 2 amide bonds. The number of amides is 2. The van der Waals surface area contributed by atoms with Crippen molar-refractivity contribution in [2.24, 2.45) is 11.8 Å². The molecule has 0 saturated carbocycles. The van der Waals surface area contributed by atoms with Gasteiger partial charge in [-0.15, -0.1) is 0 Å². The molecule has 10 heteroatoms. The van der Waals surface area contributed by atoms with Crippen molar-refractivity contribution in [1.82, 2.24) is 10.6 Å². The summed E-state index contributed by atoms with van der Waals surface area (Å²) < 4.78 is 29.5. The minimum Gasteiger partial charge on any atom is -0.493 e. The number of carbonyl (C=O) groups is 2. The van der Waals surface area contributed by atoms with Crippen molar-refractivity contribution in [3.8, 4) is 17.2 Å². The first-order valence-electron chi connectivity index (χ1n) is 15.6. The minimum absolute atomic E-state index is 0.167. The average molecular weight is 609 g/mol. The third-order valence-corrected chi connectivity index (χ3v) is 9.18. The first-order chi connectivity index (χ1) is 20.8. The molecule has 240 valence electrons. The van der Waals surface area contributed by atoms with E-state index < -0.39 is 24.4 Å². The summed E-state index contributed by atoms with van der Waals surface area (Å²) >= 11 is 0. The number of benzene rings is 2. The van der Waals surface area contributed by atoms with Crippen LogP contribution in [0.15, 0.2) is 36.4 Å². The van der Waals surface area contributed by atoms with Gasteiger partial charge in [0.1, 0.15) is 6.04 Å². The number of ether oxygens (including phenoxy) is 3. The van der Waals surface area contributed by atoms with Gasteiger partial charge in [0, 0.05) is 17.9 Å². The normalized spacial score (nSPS) is 20.0. The minimum atomic E-state index is -0.782. The number of hydrogen-bond donors (Lipinski definition) is 2. The quantitative estimate of drug-likeness (QED) is 0.337. The largest absolute Gasteiger partial charge is 0.493 e. The van der Waals surface area contributed by atoms with Gasteiger partial charge >= 0.3 is 7.12 Å². The lowest BCUT2D eigenvalue weighted by Crippen LogP contribution is -2.56. The zero-order chi connectivity index (χ0) is 32.2. The molecule has 0 bridgehead atoms. The van der Waals surface area contributed by atoms with E-state index in [0.29, 0.717) is 49.4 Å². The molecule has 44 heavy (non-hydrogen) atoms. The second-order valence-corrected chi connectivity index (χ2v) is 13.3. The number of hydrogen-bond acceptors (Lipinski definition) is 7. The van der Waals surface area contributed by atoms with Gasteiger partial charge in [-0.25, -0.2) is 0 Å². The Morgan fingerprint density at radius 1 is 0.955 bits per heavy atom. The van der Waals surface area contributed by atoms with E-state index in [1.165, 1.54) is 0 Å². The van der Waals surface area contributed by atoms with Crippen molar-refractivity contribution in [2.45, 2.75) is 96.8 Å². The second kappa shape index (κ2) is 13.8. The molecule has 2 aromatic carbocycles. The van der Waals surface area contributed by atoms with Crippen LogP contribution in [0.25, 0.3) is 0 Å². The van der Waals surface area contributed by atoms with Gasteiger partial charge in [-0.05, 0) is 76.5 Å². The Labute approximate surface area is 262 Å². The molecule has 2 aromatic rings. The molecule has 0 aromatic heterocycles. The second-order valence-electron chi connectivity index (χ2n) is 13.3. The fourth-order valence-electron chi connectivity index (χ4n) is 6.05. The van der Waals surface area contributed by atoms with Crippen molar-refractivity contribution in [1.29, 1.82) is 0 Å². The number of methoxy groups -OCH3 is 3. The van der Waals surface area contributed by atoms with Crippen LogP contribution in [0.3, 0.4) is 0 Å². The topological polar surface area (TPSA) is 104 Å². The number of nitrogens with one attached hydrogen (secondary N) is 2. The Morgan fingerprint density at radius 2 is 1.59 bits per heavy atom. The molecule has 4 rings (SSSR count). The Hall–Kier alpha value is -3.24. The van der Waals surface area contributed by atoms with Crippen molar-refractivity contribution in [3.63, 3.8) is 0 Å². The maximum absolute atomic E-state index is 14.0. The summed E-state index contributed by atoms with van der Waals surface area (Å²) in [7, 11) is 4.16. The van der Waals surface area contributed by atoms with Gasteiger partial charge in [-0.2, -0.15) is 0 Å². The molecule has 3 atom stereocenters. The number of fused-ring (bicyclic) bond motifs is 1. The van der Waals surface area contributed by atoms with Crippen LogP contribution >= 0.6 is 0 Å². The molecule has 9 nitrogen and oxygen atoms in total. The van der Waals surface area contributed by atoms with E-state index in [0.717, 1.165) is 16.7 Å². The van der Waals surface area contributed by atoms with Crippen LogP contribution < -0.4 is 24.8 Å². The van der Waals surface area contributed by atoms with E-state index in [9.17, 15) is 9.59 Å². The summed E-state index contributed by atoms with van der Waals surface area (Å²) in [4.78, 5) is 27.8. The number of rotatable bonds is 12. The maximum Gasteiger partial charge on any atom is 0.481 e. The van der Waals surface area contributed by atoms with Crippen LogP contribution in [0, 0.1) is 11.8 Å². The lowest BCUT2D eigenvalue weighted by atomic mass is 9.73. The van der Waals surface area contributed by atoms with Crippen LogP contribution in [0.1, 0.15) is 71.1 Å². The van der Waals surface area contributed by atoms with Crippen LogP contribution in [-0.4, -0.2) is 63.4 Å². The van der Waals surface area contributed by atoms with E-state index in [2.05, 4.69) is 24.5 Å².